The summed E-state index contributed by atoms with van der Waals surface area (Å²) in [6.07, 6.45) is 4.81. The van der Waals surface area contributed by atoms with E-state index in [1.54, 1.807) is 13.4 Å². The van der Waals surface area contributed by atoms with Gasteiger partial charge < -0.3 is 24.1 Å². The summed E-state index contributed by atoms with van der Waals surface area (Å²) in [5.41, 5.74) is 0. The van der Waals surface area contributed by atoms with E-state index in [1.807, 2.05) is 12.1 Å². The maximum absolute atomic E-state index is 5.44. The molecule has 1 aromatic rings. The van der Waals surface area contributed by atoms with Crippen LogP contribution >= 0.6 is 24.0 Å². The highest BCUT2D eigenvalue weighted by Crippen LogP contribution is 2.15. The van der Waals surface area contributed by atoms with Gasteiger partial charge in [-0.25, -0.2) is 0 Å². The Morgan fingerprint density at radius 2 is 2.21 bits per heavy atom. The number of nitrogens with zero attached hydrogens (tertiary/aromatic N) is 2. The van der Waals surface area contributed by atoms with Crippen LogP contribution in [0.4, 0.5) is 0 Å². The van der Waals surface area contributed by atoms with Crippen LogP contribution in [0.3, 0.4) is 0 Å². The van der Waals surface area contributed by atoms with Crippen LogP contribution in [0.15, 0.2) is 27.8 Å². The molecule has 24 heavy (non-hydrogen) atoms. The minimum atomic E-state index is 0. The van der Waals surface area contributed by atoms with Gasteiger partial charge in [-0.2, -0.15) is 0 Å². The van der Waals surface area contributed by atoms with E-state index in [0.717, 1.165) is 57.3 Å². The molecular formula is C17H30IN3O3. The molecule has 1 aliphatic rings. The summed E-state index contributed by atoms with van der Waals surface area (Å²) in [5.74, 6) is 2.59. The minimum absolute atomic E-state index is 0. The lowest BCUT2D eigenvalue weighted by Gasteiger charge is -2.29. The van der Waals surface area contributed by atoms with Gasteiger partial charge in [-0.3, -0.25) is 4.99 Å². The molecule has 7 heteroatoms. The largest absolute Gasteiger partial charge is 0.469 e. The molecular weight excluding hydrogens is 421 g/mol. The third kappa shape index (κ3) is 7.85. The molecule has 0 unspecified atom stereocenters. The van der Waals surface area contributed by atoms with Gasteiger partial charge in [-0.15, -0.1) is 24.0 Å². The predicted octanol–water partition coefficient (Wildman–Crippen LogP) is 2.39. The van der Waals surface area contributed by atoms with Gasteiger partial charge in [-0.1, -0.05) is 0 Å². The summed E-state index contributed by atoms with van der Waals surface area (Å²) in [5, 5.41) is 3.44. The molecule has 0 bridgehead atoms. The van der Waals surface area contributed by atoms with Gasteiger partial charge in [-0.05, 0) is 30.9 Å². The summed E-state index contributed by atoms with van der Waals surface area (Å²) in [6, 6.07) is 3.91. The van der Waals surface area contributed by atoms with E-state index in [-0.39, 0.29) is 24.0 Å². The van der Waals surface area contributed by atoms with Crippen molar-refractivity contribution in [2.45, 2.75) is 19.3 Å². The van der Waals surface area contributed by atoms with E-state index in [1.165, 1.54) is 0 Å². The van der Waals surface area contributed by atoms with E-state index in [0.29, 0.717) is 19.1 Å². The van der Waals surface area contributed by atoms with Crippen molar-refractivity contribution in [3.8, 4) is 0 Å². The van der Waals surface area contributed by atoms with Crippen LogP contribution in [-0.4, -0.2) is 64.5 Å². The number of rotatable bonds is 8. The highest BCUT2D eigenvalue weighted by atomic mass is 127. The van der Waals surface area contributed by atoms with Crippen molar-refractivity contribution < 1.29 is 13.9 Å². The molecule has 2 rings (SSSR count). The normalized spacial score (nSPS) is 15.8. The lowest BCUT2D eigenvalue weighted by atomic mass is 10.00. The fraction of sp³-hybridized carbons (Fsp3) is 0.706. The van der Waals surface area contributed by atoms with Crippen molar-refractivity contribution >= 4 is 29.9 Å². The van der Waals surface area contributed by atoms with Crippen molar-refractivity contribution in [1.29, 1.82) is 0 Å². The zero-order valence-electron chi connectivity index (χ0n) is 14.7. The van der Waals surface area contributed by atoms with E-state index >= 15 is 0 Å². The summed E-state index contributed by atoms with van der Waals surface area (Å²) in [6.45, 7) is 4.85. The zero-order valence-corrected chi connectivity index (χ0v) is 17.0. The summed E-state index contributed by atoms with van der Waals surface area (Å²) >= 11 is 0. The Morgan fingerprint density at radius 3 is 2.88 bits per heavy atom. The minimum Gasteiger partial charge on any atom is -0.469 e. The number of ether oxygens (including phenoxy) is 2. The molecule has 1 N–H and O–H groups in total. The molecule has 0 spiro atoms. The van der Waals surface area contributed by atoms with Crippen LogP contribution < -0.4 is 5.32 Å². The summed E-state index contributed by atoms with van der Waals surface area (Å²) in [4.78, 5) is 6.86. The number of guanidine groups is 1. The van der Waals surface area contributed by atoms with Gasteiger partial charge >= 0.3 is 0 Å². The van der Waals surface area contributed by atoms with Crippen LogP contribution in [0.1, 0.15) is 18.6 Å². The highest BCUT2D eigenvalue weighted by molar-refractivity contribution is 14.0. The number of hydrogen-bond donors (Lipinski definition) is 1. The van der Waals surface area contributed by atoms with Gasteiger partial charge in [0.25, 0.3) is 0 Å². The highest BCUT2D eigenvalue weighted by Gasteiger charge is 2.17. The molecule has 2 heterocycles. The van der Waals surface area contributed by atoms with Crippen molar-refractivity contribution in [2.75, 3.05) is 53.6 Å². The van der Waals surface area contributed by atoms with E-state index in [4.69, 9.17) is 13.9 Å². The molecule has 1 aliphatic heterocycles. The third-order valence-electron chi connectivity index (χ3n) is 4.03. The quantitative estimate of drug-likeness (QED) is 0.285. The monoisotopic (exact) mass is 451 g/mol. The van der Waals surface area contributed by atoms with E-state index < -0.39 is 0 Å². The van der Waals surface area contributed by atoms with Gasteiger partial charge in [0.05, 0.1) is 19.4 Å². The number of furan rings is 1. The molecule has 1 aromatic heterocycles. The zero-order chi connectivity index (χ0) is 16.3. The molecule has 0 radical (unpaired) electrons. The molecule has 1 fully saturated rings. The smallest absolute Gasteiger partial charge is 0.193 e. The number of halogens is 1. The number of hydrogen-bond acceptors (Lipinski definition) is 4. The number of aliphatic imine (C=N–C) groups is 1. The first-order valence-electron chi connectivity index (χ1n) is 8.38. The average Bonchev–Trinajstić information content (AvgIpc) is 3.08. The van der Waals surface area contributed by atoms with Gasteiger partial charge in [0.15, 0.2) is 5.96 Å². The SMILES string of the molecule is COCCN=C(NCCc1ccco1)N(C)CC1CCOCC1.I. The second-order valence-electron chi connectivity index (χ2n) is 5.89. The summed E-state index contributed by atoms with van der Waals surface area (Å²) in [7, 11) is 3.80. The van der Waals surface area contributed by atoms with Crippen LogP contribution in [0.2, 0.25) is 0 Å². The molecule has 0 aromatic carbocycles. The Balaban J connectivity index is 0.00000288. The lowest BCUT2D eigenvalue weighted by molar-refractivity contribution is 0.0610. The second-order valence-corrected chi connectivity index (χ2v) is 5.89. The second kappa shape index (κ2) is 12.5. The first-order chi connectivity index (χ1) is 11.3. The molecule has 0 saturated carbocycles. The van der Waals surface area contributed by atoms with Gasteiger partial charge in [0.2, 0.25) is 0 Å². The van der Waals surface area contributed by atoms with Crippen LogP contribution in [0.25, 0.3) is 0 Å². The Kier molecular flexibility index (Phi) is 11.1. The van der Waals surface area contributed by atoms with Crippen LogP contribution in [-0.2, 0) is 15.9 Å². The maximum atomic E-state index is 5.44. The van der Waals surface area contributed by atoms with Gasteiger partial charge in [0, 0.05) is 46.9 Å². The van der Waals surface area contributed by atoms with Gasteiger partial charge in [0.1, 0.15) is 5.76 Å². The van der Waals surface area contributed by atoms with Crippen LogP contribution in [0, 0.1) is 5.92 Å². The van der Waals surface area contributed by atoms with Crippen molar-refractivity contribution in [1.82, 2.24) is 10.2 Å². The molecule has 1 saturated heterocycles. The third-order valence-corrected chi connectivity index (χ3v) is 4.03. The van der Waals surface area contributed by atoms with Crippen molar-refractivity contribution in [2.24, 2.45) is 10.9 Å². The molecule has 0 amide bonds. The fourth-order valence-electron chi connectivity index (χ4n) is 2.71. The lowest BCUT2D eigenvalue weighted by Crippen LogP contribution is -2.43. The van der Waals surface area contributed by atoms with E-state index in [2.05, 4.69) is 22.3 Å². The topological polar surface area (TPSA) is 59.2 Å². The van der Waals surface area contributed by atoms with E-state index in [9.17, 15) is 0 Å². The first kappa shape index (κ1) is 21.2. The van der Waals surface area contributed by atoms with Crippen molar-refractivity contribution in [3.05, 3.63) is 24.2 Å². The maximum Gasteiger partial charge on any atom is 0.193 e. The molecule has 6 nitrogen and oxygen atoms in total. The summed E-state index contributed by atoms with van der Waals surface area (Å²) < 4.78 is 15.9. The predicted molar refractivity (Wildman–Crippen MR) is 106 cm³/mol. The Morgan fingerprint density at radius 1 is 1.42 bits per heavy atom. The Labute approximate surface area is 162 Å². The Hall–Kier alpha value is -0.800. The number of nitrogens with one attached hydrogen (secondary N) is 1. The molecule has 138 valence electrons. The average molecular weight is 451 g/mol. The number of methoxy groups -OCH3 is 1. The Bertz CT molecular complexity index is 448. The fourth-order valence-corrected chi connectivity index (χ4v) is 2.71. The molecule has 0 aliphatic carbocycles. The van der Waals surface area contributed by atoms with Crippen molar-refractivity contribution in [3.63, 3.8) is 0 Å². The van der Waals surface area contributed by atoms with Crippen LogP contribution in [0.5, 0.6) is 0 Å². The standard InChI is InChI=1S/C17H29N3O3.HI/c1-20(14-15-6-11-22-12-7-15)17(19-9-13-21-2)18-8-5-16-4-3-10-23-16;/h3-4,10,15H,5-9,11-14H2,1-2H3,(H,18,19);1H. The first-order valence-corrected chi connectivity index (χ1v) is 8.38. The molecule has 0 atom stereocenters.